The molecule has 10 heteroatoms. The zero-order valence-corrected chi connectivity index (χ0v) is 19.5. The van der Waals surface area contributed by atoms with E-state index in [1.54, 1.807) is 6.07 Å². The van der Waals surface area contributed by atoms with E-state index >= 15 is 0 Å². The Morgan fingerprint density at radius 2 is 1.72 bits per heavy atom. The molecule has 168 valence electrons. The Labute approximate surface area is 188 Å². The van der Waals surface area contributed by atoms with Gasteiger partial charge in [0.15, 0.2) is 9.84 Å². The van der Waals surface area contributed by atoms with E-state index in [1.165, 1.54) is 37.8 Å². The Morgan fingerprint density at radius 3 is 2.38 bits per heavy atom. The summed E-state index contributed by atoms with van der Waals surface area (Å²) >= 11 is 0. The normalized spacial score (nSPS) is 22.8. The Hall–Kier alpha value is -0.720. The zero-order valence-electron chi connectivity index (χ0n) is 17.1. The highest BCUT2D eigenvalue weighted by atomic mass is 35.5. The molecule has 0 radical (unpaired) electrons. The molecule has 3 aliphatic rings. The van der Waals surface area contributed by atoms with Gasteiger partial charge in [-0.05, 0) is 64.8 Å². The van der Waals surface area contributed by atoms with E-state index in [9.17, 15) is 8.42 Å². The van der Waals surface area contributed by atoms with Crippen molar-refractivity contribution in [2.45, 2.75) is 44.6 Å². The summed E-state index contributed by atoms with van der Waals surface area (Å²) in [5.74, 6) is 0.369. The smallest absolute Gasteiger partial charge is 0.188 e. The molecule has 3 fully saturated rings. The fourth-order valence-corrected chi connectivity index (χ4v) is 5.33. The Balaban J connectivity index is 0.00000210. The lowest BCUT2D eigenvalue weighted by Crippen LogP contribution is -2.42. The number of hydrogen-bond acceptors (Lipinski definition) is 7. The summed E-state index contributed by atoms with van der Waals surface area (Å²) in [4.78, 5) is 7.03. The van der Waals surface area contributed by atoms with Crippen LogP contribution >= 0.6 is 24.8 Å². The molecule has 0 aromatic heterocycles. The van der Waals surface area contributed by atoms with Gasteiger partial charge in [-0.15, -0.1) is 24.8 Å². The first-order valence-electron chi connectivity index (χ1n) is 10.3. The molecule has 0 saturated carbocycles. The fraction of sp³-hybridized carbons (Fsp3) is 0.842. The Morgan fingerprint density at radius 1 is 1.03 bits per heavy atom. The van der Waals surface area contributed by atoms with Crippen LogP contribution in [-0.2, 0) is 9.84 Å². The van der Waals surface area contributed by atoms with Crippen molar-refractivity contribution in [3.63, 3.8) is 0 Å². The van der Waals surface area contributed by atoms with E-state index in [0.717, 1.165) is 64.4 Å². The molecule has 0 unspecified atom stereocenters. The van der Waals surface area contributed by atoms with Crippen LogP contribution in [0.1, 0.15) is 38.5 Å². The third-order valence-corrected chi connectivity index (χ3v) is 6.98. The van der Waals surface area contributed by atoms with Gasteiger partial charge in [-0.25, -0.2) is 8.42 Å². The minimum atomic E-state index is -3.50. The van der Waals surface area contributed by atoms with Crippen LogP contribution in [0.2, 0.25) is 0 Å². The minimum absolute atomic E-state index is 0. The van der Waals surface area contributed by atoms with E-state index in [4.69, 9.17) is 5.26 Å². The predicted octanol–water partition coefficient (Wildman–Crippen LogP) is 1.81. The summed E-state index contributed by atoms with van der Waals surface area (Å²) in [5.41, 5.74) is 0. The molecule has 0 atom stereocenters. The van der Waals surface area contributed by atoms with Crippen LogP contribution in [0.4, 0.5) is 0 Å². The molecule has 1 N–H and O–H groups in total. The maximum atomic E-state index is 12.3. The van der Waals surface area contributed by atoms with Crippen molar-refractivity contribution in [1.82, 2.24) is 20.0 Å². The Kier molecular flexibility index (Phi) is 11.7. The third kappa shape index (κ3) is 7.80. The average molecular weight is 468 g/mol. The van der Waals surface area contributed by atoms with E-state index in [1.807, 2.05) is 0 Å². The van der Waals surface area contributed by atoms with Crippen LogP contribution in [-0.4, -0.2) is 87.3 Å². The van der Waals surface area contributed by atoms with Crippen LogP contribution in [0, 0.1) is 11.3 Å². The molecule has 3 heterocycles. The number of nitriles is 1. The van der Waals surface area contributed by atoms with Gasteiger partial charge in [-0.3, -0.25) is 0 Å². The van der Waals surface area contributed by atoms with Crippen molar-refractivity contribution in [3.05, 3.63) is 11.2 Å². The SMILES string of the molecule is Cl.Cl.N#CCS(=O)(=O)/C=C1\N(CCCN2CCCCC2)CCN1C1CCNCC1. The maximum Gasteiger partial charge on any atom is 0.188 e. The number of nitrogens with one attached hydrogen (secondary N) is 1. The summed E-state index contributed by atoms with van der Waals surface area (Å²) in [7, 11) is -3.50. The second kappa shape index (κ2) is 12.9. The molecule has 3 saturated heterocycles. The molecule has 3 aliphatic heterocycles. The number of rotatable bonds is 7. The quantitative estimate of drug-likeness (QED) is 0.611. The van der Waals surface area contributed by atoms with Gasteiger partial charge >= 0.3 is 0 Å². The van der Waals surface area contributed by atoms with E-state index in [-0.39, 0.29) is 24.8 Å². The van der Waals surface area contributed by atoms with E-state index in [0.29, 0.717) is 6.04 Å². The number of sulfone groups is 1. The lowest BCUT2D eigenvalue weighted by Gasteiger charge is -2.35. The summed E-state index contributed by atoms with van der Waals surface area (Å²) in [6.07, 6.45) is 7.07. The highest BCUT2D eigenvalue weighted by molar-refractivity contribution is 7.94. The molecular weight excluding hydrogens is 433 g/mol. The molecular formula is C19H35Cl2N5O2S. The largest absolute Gasteiger partial charge is 0.356 e. The first-order valence-corrected chi connectivity index (χ1v) is 12.1. The predicted molar refractivity (Wildman–Crippen MR) is 121 cm³/mol. The highest BCUT2D eigenvalue weighted by Crippen LogP contribution is 2.26. The average Bonchev–Trinajstić information content (AvgIpc) is 3.05. The van der Waals surface area contributed by atoms with Gasteiger partial charge in [-0.1, -0.05) is 6.42 Å². The number of halogens is 2. The van der Waals surface area contributed by atoms with E-state index < -0.39 is 15.6 Å². The van der Waals surface area contributed by atoms with E-state index in [2.05, 4.69) is 20.0 Å². The molecule has 7 nitrogen and oxygen atoms in total. The molecule has 0 spiro atoms. The van der Waals surface area contributed by atoms with Gasteiger partial charge < -0.3 is 20.0 Å². The van der Waals surface area contributed by atoms with Crippen LogP contribution in [0.15, 0.2) is 11.2 Å². The van der Waals surface area contributed by atoms with Crippen LogP contribution < -0.4 is 5.32 Å². The third-order valence-electron chi connectivity index (χ3n) is 5.88. The lowest BCUT2D eigenvalue weighted by atomic mass is 10.1. The monoisotopic (exact) mass is 467 g/mol. The molecule has 0 bridgehead atoms. The summed E-state index contributed by atoms with van der Waals surface area (Å²) in [6.45, 7) is 8.07. The fourth-order valence-electron chi connectivity index (χ4n) is 4.46. The molecule has 0 aromatic rings. The summed E-state index contributed by atoms with van der Waals surface area (Å²) < 4.78 is 24.6. The zero-order chi connectivity index (χ0) is 19.1. The lowest BCUT2D eigenvalue weighted by molar-refractivity contribution is 0.204. The minimum Gasteiger partial charge on any atom is -0.356 e. The first kappa shape index (κ1) is 26.3. The molecule has 3 rings (SSSR count). The second-order valence-corrected chi connectivity index (χ2v) is 9.71. The number of nitrogens with zero attached hydrogens (tertiary/aromatic N) is 4. The van der Waals surface area contributed by atoms with Crippen molar-refractivity contribution in [2.75, 3.05) is 58.1 Å². The topological polar surface area (TPSA) is 79.7 Å². The number of piperidine rings is 2. The number of hydrogen-bond donors (Lipinski definition) is 1. The van der Waals surface area contributed by atoms with Crippen LogP contribution in [0.25, 0.3) is 0 Å². The second-order valence-electron chi connectivity index (χ2n) is 7.86. The molecule has 0 aliphatic carbocycles. The van der Waals surface area contributed by atoms with Gasteiger partial charge in [0.2, 0.25) is 0 Å². The van der Waals surface area contributed by atoms with Crippen molar-refractivity contribution in [2.24, 2.45) is 0 Å². The molecule has 29 heavy (non-hydrogen) atoms. The maximum absolute atomic E-state index is 12.3. The van der Waals surface area contributed by atoms with Crippen molar-refractivity contribution in [3.8, 4) is 6.07 Å². The van der Waals surface area contributed by atoms with Gasteiger partial charge in [0.05, 0.1) is 11.5 Å². The Bertz CT molecular complexity index is 656. The summed E-state index contributed by atoms with van der Waals surface area (Å²) in [5, 5.41) is 13.6. The molecule has 0 amide bonds. The highest BCUT2D eigenvalue weighted by Gasteiger charge is 2.32. The standard InChI is InChI=1S/C19H33N5O2S.2ClH/c20-7-16-27(25,26)17-19-23(13-4-12-22-10-2-1-3-11-22)14-15-24(19)18-5-8-21-9-6-18;;/h17-18,21H,1-6,8-16H2;2*1H/b19-17+;;. The van der Waals surface area contributed by atoms with Crippen molar-refractivity contribution in [1.29, 1.82) is 5.26 Å². The van der Waals surface area contributed by atoms with Gasteiger partial charge in [0, 0.05) is 25.7 Å². The number of likely N-dealkylation sites (tertiary alicyclic amines) is 1. The van der Waals surface area contributed by atoms with Crippen LogP contribution in [0.5, 0.6) is 0 Å². The van der Waals surface area contributed by atoms with Gasteiger partial charge in [0.25, 0.3) is 0 Å². The van der Waals surface area contributed by atoms with Gasteiger partial charge in [-0.2, -0.15) is 5.26 Å². The van der Waals surface area contributed by atoms with Crippen LogP contribution in [0.3, 0.4) is 0 Å². The molecule has 0 aromatic carbocycles. The summed E-state index contributed by atoms with van der Waals surface area (Å²) in [6, 6.07) is 2.18. The van der Waals surface area contributed by atoms with Crippen molar-refractivity contribution >= 4 is 34.7 Å². The van der Waals surface area contributed by atoms with Crippen molar-refractivity contribution < 1.29 is 8.42 Å². The first-order chi connectivity index (χ1) is 13.1. The van der Waals surface area contributed by atoms with Gasteiger partial charge in [0.1, 0.15) is 11.6 Å².